The Morgan fingerprint density at radius 2 is 2.20 bits per heavy atom. The normalized spacial score (nSPS) is 13.6. The van der Waals surface area contributed by atoms with Crippen molar-refractivity contribution in [1.29, 1.82) is 0 Å². The van der Waals surface area contributed by atoms with Crippen LogP contribution in [0.25, 0.3) is 10.9 Å². The smallest absolute Gasteiger partial charge is 0.172 e. The summed E-state index contributed by atoms with van der Waals surface area (Å²) in [5.41, 5.74) is 7.21. The summed E-state index contributed by atoms with van der Waals surface area (Å²) in [7, 11) is 0. The number of rotatable bonds is 5. The Kier molecular flexibility index (Phi) is 4.81. The SMILES string of the molecule is CC(CCO)Sc1c(C(N)=NO)cnc2ccccc12. The molecule has 0 spiro atoms. The molecule has 1 unspecified atom stereocenters. The van der Waals surface area contributed by atoms with Crippen LogP contribution in [0, 0.1) is 0 Å². The van der Waals surface area contributed by atoms with Crippen molar-refractivity contribution in [3.8, 4) is 0 Å². The average molecular weight is 291 g/mol. The first-order valence-electron chi connectivity index (χ1n) is 6.30. The fourth-order valence-corrected chi connectivity index (χ4v) is 3.13. The molecule has 20 heavy (non-hydrogen) atoms. The maximum Gasteiger partial charge on any atom is 0.172 e. The van der Waals surface area contributed by atoms with Gasteiger partial charge in [0.2, 0.25) is 0 Å². The van der Waals surface area contributed by atoms with Crippen LogP contribution in [0.4, 0.5) is 0 Å². The van der Waals surface area contributed by atoms with Crippen LogP contribution in [0.2, 0.25) is 0 Å². The molecule has 106 valence electrons. The van der Waals surface area contributed by atoms with Crippen molar-refractivity contribution in [3.63, 3.8) is 0 Å². The van der Waals surface area contributed by atoms with Gasteiger partial charge in [-0.05, 0) is 12.5 Å². The minimum absolute atomic E-state index is 0.0435. The van der Waals surface area contributed by atoms with E-state index >= 15 is 0 Å². The summed E-state index contributed by atoms with van der Waals surface area (Å²) < 4.78 is 0. The number of thioether (sulfide) groups is 1. The molecule has 1 aromatic heterocycles. The standard InChI is InChI=1S/C14H17N3O2S/c1-9(6-7-18)20-13-10-4-2-3-5-12(10)16-8-11(13)14(15)17-19/h2-5,8-9,18-19H,6-7H2,1H3,(H2,15,17). The molecule has 6 heteroatoms. The molecule has 2 aromatic rings. The van der Waals surface area contributed by atoms with E-state index in [-0.39, 0.29) is 17.7 Å². The van der Waals surface area contributed by atoms with E-state index in [0.29, 0.717) is 12.0 Å². The van der Waals surface area contributed by atoms with E-state index in [4.69, 9.17) is 16.0 Å². The van der Waals surface area contributed by atoms with Gasteiger partial charge in [0.05, 0.1) is 11.1 Å². The summed E-state index contributed by atoms with van der Waals surface area (Å²) in [6.45, 7) is 2.17. The molecule has 2 rings (SSSR count). The number of aliphatic hydroxyl groups is 1. The molecule has 0 amide bonds. The molecule has 0 fully saturated rings. The monoisotopic (exact) mass is 291 g/mol. The molecular formula is C14H17N3O2S. The lowest BCUT2D eigenvalue weighted by Gasteiger charge is -2.15. The van der Waals surface area contributed by atoms with Gasteiger partial charge in [-0.25, -0.2) is 0 Å². The van der Waals surface area contributed by atoms with Gasteiger partial charge in [-0.15, -0.1) is 11.8 Å². The quantitative estimate of drug-likeness (QED) is 0.258. The zero-order chi connectivity index (χ0) is 14.5. The van der Waals surface area contributed by atoms with Gasteiger partial charge in [-0.3, -0.25) is 4.98 Å². The number of nitrogens with two attached hydrogens (primary N) is 1. The Morgan fingerprint density at radius 3 is 2.90 bits per heavy atom. The van der Waals surface area contributed by atoms with E-state index in [1.165, 1.54) is 0 Å². The zero-order valence-corrected chi connectivity index (χ0v) is 12.0. The Balaban J connectivity index is 2.55. The van der Waals surface area contributed by atoms with Gasteiger partial charge in [0.25, 0.3) is 0 Å². The molecule has 1 atom stereocenters. The lowest BCUT2D eigenvalue weighted by molar-refractivity contribution is 0.289. The van der Waals surface area contributed by atoms with Gasteiger partial charge in [-0.1, -0.05) is 30.3 Å². The second kappa shape index (κ2) is 6.58. The first kappa shape index (κ1) is 14.6. The highest BCUT2D eigenvalue weighted by Crippen LogP contribution is 2.34. The molecule has 1 aromatic carbocycles. The topological polar surface area (TPSA) is 91.7 Å². The highest BCUT2D eigenvalue weighted by atomic mass is 32.2. The number of hydrogen-bond acceptors (Lipinski definition) is 5. The number of aliphatic hydroxyl groups excluding tert-OH is 1. The molecule has 0 aliphatic heterocycles. The Labute approximate surface area is 121 Å². The van der Waals surface area contributed by atoms with E-state index in [1.54, 1.807) is 18.0 Å². The number of oxime groups is 1. The third-order valence-corrected chi connectivity index (χ3v) is 4.28. The maximum atomic E-state index is 9.04. The molecule has 1 heterocycles. The van der Waals surface area contributed by atoms with Crippen LogP contribution in [-0.2, 0) is 0 Å². The average Bonchev–Trinajstić information content (AvgIpc) is 2.47. The number of nitrogens with zero attached hydrogens (tertiary/aromatic N) is 2. The van der Waals surface area contributed by atoms with Crippen molar-refractivity contribution in [1.82, 2.24) is 4.98 Å². The van der Waals surface area contributed by atoms with Crippen molar-refractivity contribution in [2.24, 2.45) is 10.9 Å². The fourth-order valence-electron chi connectivity index (χ4n) is 1.92. The number of aromatic nitrogens is 1. The van der Waals surface area contributed by atoms with Gasteiger partial charge >= 0.3 is 0 Å². The molecular weight excluding hydrogens is 274 g/mol. The number of hydrogen-bond donors (Lipinski definition) is 3. The molecule has 0 saturated heterocycles. The van der Waals surface area contributed by atoms with Crippen molar-refractivity contribution >= 4 is 28.5 Å². The number of benzene rings is 1. The van der Waals surface area contributed by atoms with Crippen LogP contribution < -0.4 is 5.73 Å². The van der Waals surface area contributed by atoms with Gasteiger partial charge in [0.1, 0.15) is 0 Å². The van der Waals surface area contributed by atoms with Crippen LogP contribution in [0.5, 0.6) is 0 Å². The van der Waals surface area contributed by atoms with E-state index in [0.717, 1.165) is 15.8 Å². The van der Waals surface area contributed by atoms with Crippen LogP contribution in [0.15, 0.2) is 40.5 Å². The molecule has 0 bridgehead atoms. The Morgan fingerprint density at radius 1 is 1.45 bits per heavy atom. The summed E-state index contributed by atoms with van der Waals surface area (Å²) in [4.78, 5) is 5.25. The van der Waals surface area contributed by atoms with Crippen LogP contribution in [0.1, 0.15) is 18.9 Å². The number of para-hydroxylation sites is 1. The summed E-state index contributed by atoms with van der Waals surface area (Å²) >= 11 is 1.60. The zero-order valence-electron chi connectivity index (χ0n) is 11.2. The lowest BCUT2D eigenvalue weighted by atomic mass is 10.1. The van der Waals surface area contributed by atoms with Crippen molar-refractivity contribution < 1.29 is 10.3 Å². The summed E-state index contributed by atoms with van der Waals surface area (Å²) in [6.07, 6.45) is 2.29. The van der Waals surface area contributed by atoms with E-state index in [1.807, 2.05) is 31.2 Å². The summed E-state index contributed by atoms with van der Waals surface area (Å²) in [5.74, 6) is 0.0435. The van der Waals surface area contributed by atoms with Crippen LogP contribution in [-0.4, -0.2) is 33.0 Å². The lowest BCUT2D eigenvalue weighted by Crippen LogP contribution is -2.15. The molecule has 4 N–H and O–H groups in total. The van der Waals surface area contributed by atoms with Crippen LogP contribution >= 0.6 is 11.8 Å². The first-order chi connectivity index (χ1) is 9.67. The number of amidine groups is 1. The summed E-state index contributed by atoms with van der Waals surface area (Å²) in [6, 6.07) is 7.74. The highest BCUT2D eigenvalue weighted by molar-refractivity contribution is 8.00. The fraction of sp³-hybridized carbons (Fsp3) is 0.286. The largest absolute Gasteiger partial charge is 0.409 e. The second-order valence-corrected chi connectivity index (χ2v) is 5.89. The highest BCUT2D eigenvalue weighted by Gasteiger charge is 2.15. The first-order valence-corrected chi connectivity index (χ1v) is 7.18. The van der Waals surface area contributed by atoms with Crippen molar-refractivity contribution in [2.75, 3.05) is 6.61 Å². The molecule has 0 radical (unpaired) electrons. The Bertz CT molecular complexity index is 631. The predicted molar refractivity (Wildman–Crippen MR) is 81.3 cm³/mol. The van der Waals surface area contributed by atoms with E-state index in [2.05, 4.69) is 10.1 Å². The minimum atomic E-state index is 0.0435. The van der Waals surface area contributed by atoms with E-state index < -0.39 is 0 Å². The third kappa shape index (κ3) is 3.02. The third-order valence-electron chi connectivity index (χ3n) is 2.96. The molecule has 0 saturated carbocycles. The predicted octanol–water partition coefficient (Wildman–Crippen LogP) is 2.19. The maximum absolute atomic E-state index is 9.04. The Hall–Kier alpha value is -1.79. The minimum Gasteiger partial charge on any atom is -0.409 e. The van der Waals surface area contributed by atoms with E-state index in [9.17, 15) is 0 Å². The van der Waals surface area contributed by atoms with Crippen LogP contribution in [0.3, 0.4) is 0 Å². The second-order valence-electron chi connectivity index (χ2n) is 4.44. The van der Waals surface area contributed by atoms with Gasteiger partial charge in [-0.2, -0.15) is 0 Å². The number of pyridine rings is 1. The molecule has 0 aliphatic carbocycles. The van der Waals surface area contributed by atoms with Gasteiger partial charge in [0, 0.05) is 28.3 Å². The number of fused-ring (bicyclic) bond motifs is 1. The van der Waals surface area contributed by atoms with Crippen molar-refractivity contribution in [3.05, 3.63) is 36.0 Å². The van der Waals surface area contributed by atoms with Gasteiger partial charge < -0.3 is 16.0 Å². The molecule has 5 nitrogen and oxygen atoms in total. The molecule has 0 aliphatic rings. The van der Waals surface area contributed by atoms with Crippen molar-refractivity contribution in [2.45, 2.75) is 23.5 Å². The van der Waals surface area contributed by atoms with Gasteiger partial charge in [0.15, 0.2) is 5.84 Å². The summed E-state index contributed by atoms with van der Waals surface area (Å²) in [5, 5.41) is 22.2.